The van der Waals surface area contributed by atoms with Gasteiger partial charge in [0.05, 0.1) is 43.4 Å². The summed E-state index contributed by atoms with van der Waals surface area (Å²) in [5.41, 5.74) is -0.115. The third kappa shape index (κ3) is 2.67. The summed E-state index contributed by atoms with van der Waals surface area (Å²) >= 11 is 0. The van der Waals surface area contributed by atoms with Crippen LogP contribution in [0.15, 0.2) is 47.1 Å². The van der Waals surface area contributed by atoms with E-state index < -0.39 is 47.1 Å². The summed E-state index contributed by atoms with van der Waals surface area (Å²) in [6.07, 6.45) is 1.15. The van der Waals surface area contributed by atoms with Crippen LogP contribution in [0.5, 0.6) is 0 Å². The van der Waals surface area contributed by atoms with Crippen LogP contribution in [0.1, 0.15) is 23.8 Å². The van der Waals surface area contributed by atoms with E-state index >= 15 is 0 Å². The highest BCUT2D eigenvalue weighted by atomic mass is 16.5. The zero-order valence-corrected chi connectivity index (χ0v) is 17.7. The third-order valence-electron chi connectivity index (χ3n) is 6.85. The minimum atomic E-state index is -1.54. The van der Waals surface area contributed by atoms with E-state index in [0.29, 0.717) is 24.5 Å². The zero-order valence-electron chi connectivity index (χ0n) is 17.7. The second-order valence-electron chi connectivity index (χ2n) is 8.44. The van der Waals surface area contributed by atoms with Gasteiger partial charge in [-0.25, -0.2) is 4.90 Å². The second-order valence-corrected chi connectivity index (χ2v) is 8.44. The molecule has 1 N–H and O–H groups in total. The molecule has 4 heterocycles. The topological polar surface area (TPSA) is 109 Å². The van der Waals surface area contributed by atoms with Crippen molar-refractivity contribution in [3.63, 3.8) is 0 Å². The maximum absolute atomic E-state index is 13.8. The van der Waals surface area contributed by atoms with Crippen molar-refractivity contribution in [1.82, 2.24) is 10.2 Å². The first-order valence-electron chi connectivity index (χ1n) is 10.5. The van der Waals surface area contributed by atoms with Crippen molar-refractivity contribution in [3.05, 3.63) is 54.0 Å². The second kappa shape index (κ2) is 7.30. The molecule has 166 valence electrons. The van der Waals surface area contributed by atoms with Gasteiger partial charge in [0.1, 0.15) is 11.3 Å². The maximum Gasteiger partial charge on any atom is 0.307 e. The molecule has 3 aliphatic heterocycles. The third-order valence-corrected chi connectivity index (χ3v) is 6.85. The molecule has 0 radical (unpaired) electrons. The number of hydrogen-bond donors (Lipinski definition) is 1. The number of nitrogens with zero attached hydrogens (tertiary/aromatic N) is 2. The Morgan fingerprint density at radius 1 is 1.19 bits per heavy atom. The van der Waals surface area contributed by atoms with Crippen molar-refractivity contribution in [2.75, 3.05) is 25.1 Å². The molecule has 0 aliphatic carbocycles. The van der Waals surface area contributed by atoms with Crippen LogP contribution in [0.2, 0.25) is 0 Å². The number of benzene rings is 1. The molecule has 0 bridgehead atoms. The normalized spacial score (nSPS) is 29.6. The number of methoxy groups -OCH3 is 1. The van der Waals surface area contributed by atoms with Crippen LogP contribution in [0.4, 0.5) is 5.69 Å². The number of esters is 1. The molecule has 4 atom stereocenters. The minimum absolute atomic E-state index is 0.336. The molecule has 1 aromatic carbocycles. The van der Waals surface area contributed by atoms with E-state index in [1.54, 1.807) is 29.2 Å². The fraction of sp³-hybridized carbons (Fsp3) is 0.391. The Hall–Kier alpha value is -3.46. The van der Waals surface area contributed by atoms with Gasteiger partial charge < -0.3 is 14.5 Å². The Labute approximate surface area is 184 Å². The number of nitrogens with one attached hydrogen (secondary N) is 1. The number of carbonyl (C=O) groups excluding carboxylic acids is 4. The quantitative estimate of drug-likeness (QED) is 0.565. The summed E-state index contributed by atoms with van der Waals surface area (Å²) in [6, 6.07) is 9.83. The highest BCUT2D eigenvalue weighted by molar-refractivity contribution is 6.24. The van der Waals surface area contributed by atoms with Crippen molar-refractivity contribution in [2.24, 2.45) is 11.8 Å². The molecule has 5 rings (SSSR count). The summed E-state index contributed by atoms with van der Waals surface area (Å²) in [7, 11) is 1.24. The molecule has 3 aliphatic rings. The van der Waals surface area contributed by atoms with E-state index in [9.17, 15) is 19.2 Å². The SMILES string of the molecule is COC(=O)C[C@@]12C(=O)NCCN1[C@@H](c1ccco1)[C@@H]1C(=O)N(c3ccc(C)cc3)C(=O)[C@@H]12. The van der Waals surface area contributed by atoms with Crippen LogP contribution in [0.3, 0.4) is 0 Å². The lowest BCUT2D eigenvalue weighted by atomic mass is 9.76. The highest BCUT2D eigenvalue weighted by Crippen LogP contribution is 2.57. The summed E-state index contributed by atoms with van der Waals surface area (Å²) in [5.74, 6) is -3.42. The van der Waals surface area contributed by atoms with Crippen LogP contribution in [-0.2, 0) is 23.9 Å². The first kappa shape index (κ1) is 20.4. The summed E-state index contributed by atoms with van der Waals surface area (Å²) < 4.78 is 10.5. The van der Waals surface area contributed by atoms with E-state index in [2.05, 4.69) is 5.32 Å². The van der Waals surface area contributed by atoms with E-state index in [1.807, 2.05) is 19.1 Å². The standard InChI is InChI=1S/C23H23N3O6/c1-13-5-7-14(8-6-13)26-20(28)17-18(21(26)29)23(12-16(27)31-2)22(30)24-9-10-25(23)19(17)15-4-3-11-32-15/h3-8,11,17-19H,9-10,12H2,1-2H3,(H,24,30)/t17-,18-,19+,23-/m1/s1. The molecular formula is C23H23N3O6. The predicted octanol–water partition coefficient (Wildman–Crippen LogP) is 1.18. The van der Waals surface area contributed by atoms with E-state index in [4.69, 9.17) is 9.15 Å². The van der Waals surface area contributed by atoms with E-state index in [1.165, 1.54) is 13.4 Å². The fourth-order valence-electron chi connectivity index (χ4n) is 5.51. The lowest BCUT2D eigenvalue weighted by molar-refractivity contribution is -0.154. The molecule has 9 nitrogen and oxygen atoms in total. The number of amides is 3. The average Bonchev–Trinajstić information content (AvgIpc) is 3.46. The smallest absolute Gasteiger partial charge is 0.307 e. The van der Waals surface area contributed by atoms with Crippen LogP contribution < -0.4 is 10.2 Å². The van der Waals surface area contributed by atoms with Crippen molar-refractivity contribution in [2.45, 2.75) is 24.9 Å². The first-order chi connectivity index (χ1) is 15.4. The Morgan fingerprint density at radius 2 is 1.94 bits per heavy atom. The monoisotopic (exact) mass is 437 g/mol. The predicted molar refractivity (Wildman–Crippen MR) is 111 cm³/mol. The molecule has 3 saturated heterocycles. The Morgan fingerprint density at radius 3 is 2.59 bits per heavy atom. The van der Waals surface area contributed by atoms with E-state index in [-0.39, 0.29) is 6.42 Å². The van der Waals surface area contributed by atoms with Crippen LogP contribution >= 0.6 is 0 Å². The fourth-order valence-corrected chi connectivity index (χ4v) is 5.51. The largest absolute Gasteiger partial charge is 0.469 e. The zero-order chi connectivity index (χ0) is 22.6. The number of piperazine rings is 1. The number of fused-ring (bicyclic) bond motifs is 3. The number of ether oxygens (including phenoxy) is 1. The van der Waals surface area contributed by atoms with Gasteiger partial charge in [0, 0.05) is 13.1 Å². The number of carbonyl (C=O) groups is 4. The highest BCUT2D eigenvalue weighted by Gasteiger charge is 2.73. The molecule has 9 heteroatoms. The number of anilines is 1. The van der Waals surface area contributed by atoms with Crippen molar-refractivity contribution < 1.29 is 28.3 Å². The van der Waals surface area contributed by atoms with E-state index in [0.717, 1.165) is 10.5 Å². The Balaban J connectivity index is 1.69. The Kier molecular flexibility index (Phi) is 4.67. The summed E-state index contributed by atoms with van der Waals surface area (Å²) in [4.78, 5) is 56.3. The number of rotatable bonds is 4. The van der Waals surface area contributed by atoms with Crippen molar-refractivity contribution in [3.8, 4) is 0 Å². The lowest BCUT2D eigenvalue weighted by Crippen LogP contribution is -2.67. The number of furan rings is 1. The van der Waals surface area contributed by atoms with Gasteiger partial charge in [0.15, 0.2) is 0 Å². The molecule has 0 spiro atoms. The summed E-state index contributed by atoms with van der Waals surface area (Å²) in [5, 5.41) is 2.80. The Bertz CT molecular complexity index is 1100. The van der Waals surface area contributed by atoms with Crippen LogP contribution in [0.25, 0.3) is 0 Å². The van der Waals surface area contributed by atoms with Crippen LogP contribution in [0, 0.1) is 18.8 Å². The van der Waals surface area contributed by atoms with Gasteiger partial charge in [-0.3, -0.25) is 24.1 Å². The average molecular weight is 437 g/mol. The van der Waals surface area contributed by atoms with Crippen LogP contribution in [-0.4, -0.2) is 54.3 Å². The van der Waals surface area contributed by atoms with Crippen molar-refractivity contribution in [1.29, 1.82) is 0 Å². The lowest BCUT2D eigenvalue weighted by Gasteiger charge is -2.44. The van der Waals surface area contributed by atoms with Gasteiger partial charge in [-0.05, 0) is 31.2 Å². The van der Waals surface area contributed by atoms with Gasteiger partial charge in [-0.2, -0.15) is 0 Å². The molecule has 2 aromatic rings. The van der Waals surface area contributed by atoms with Gasteiger partial charge >= 0.3 is 5.97 Å². The molecule has 1 aromatic heterocycles. The molecule has 32 heavy (non-hydrogen) atoms. The molecule has 0 unspecified atom stereocenters. The first-order valence-corrected chi connectivity index (χ1v) is 10.5. The molecule has 3 fully saturated rings. The molecule has 0 saturated carbocycles. The minimum Gasteiger partial charge on any atom is -0.469 e. The van der Waals surface area contributed by atoms with Gasteiger partial charge in [-0.15, -0.1) is 0 Å². The molecule has 3 amide bonds. The van der Waals surface area contributed by atoms with Gasteiger partial charge in [0.25, 0.3) is 0 Å². The van der Waals surface area contributed by atoms with Gasteiger partial charge in [0.2, 0.25) is 17.7 Å². The van der Waals surface area contributed by atoms with Crippen molar-refractivity contribution >= 4 is 29.4 Å². The summed E-state index contributed by atoms with van der Waals surface area (Å²) in [6.45, 7) is 2.61. The molecular weight excluding hydrogens is 414 g/mol. The number of imide groups is 1. The number of aryl methyl sites for hydroxylation is 1. The number of hydrogen-bond acceptors (Lipinski definition) is 7. The maximum atomic E-state index is 13.8. The van der Waals surface area contributed by atoms with Gasteiger partial charge in [-0.1, -0.05) is 17.7 Å².